The van der Waals surface area contributed by atoms with Gasteiger partial charge in [0.15, 0.2) is 12.0 Å². The maximum Gasteiger partial charge on any atom is 0.340 e. The van der Waals surface area contributed by atoms with Crippen LogP contribution in [-0.2, 0) is 40.5 Å². The molecule has 1 saturated heterocycles. The van der Waals surface area contributed by atoms with E-state index in [0.717, 1.165) is 36.8 Å². The van der Waals surface area contributed by atoms with Gasteiger partial charge in [0.05, 0.1) is 71.5 Å². The van der Waals surface area contributed by atoms with E-state index in [1.165, 1.54) is 20.6 Å². The highest BCUT2D eigenvalue weighted by Gasteiger charge is 2.44. The first-order valence-corrected chi connectivity index (χ1v) is 28.3. The Labute approximate surface area is 470 Å². The Hall–Kier alpha value is -6.43. The minimum absolute atomic E-state index is 0.0556. The van der Waals surface area contributed by atoms with E-state index < -0.39 is 28.7 Å². The van der Waals surface area contributed by atoms with Crippen LogP contribution in [0.3, 0.4) is 0 Å². The number of methoxy groups -OCH3 is 2. The van der Waals surface area contributed by atoms with Crippen molar-refractivity contribution >= 4 is 42.3 Å². The van der Waals surface area contributed by atoms with Crippen molar-refractivity contribution in [2.45, 2.75) is 192 Å². The standard InChI is InChI=1S/C38H51N5O6.C18H24N2O4.3C2H6/c1-12-40-43-32(24(4)5)30(36(45)48-11)26(7)34(43)38(9,28-19-16-20-39-21-28)49-22-41-42-31(23(2)3)29(35(44)47-10)25(6)33(42)37(8,46)27-17-14-13-15-18-27;1-4-24-17(21)15-12(2)16(20-14(15)6-5-9-19-20)18(3,22)13-7-10-23-11-8-13;3*1-2/h12,14,17-18,20-24,46H,13,15-16,19H2,1-11H3;5-6,9,13,22H,4,7-8,10-11H2,1-3H3;3*1-2H3/b40-12-,41-22-;;;;. The molecule has 17 heteroatoms. The van der Waals surface area contributed by atoms with Gasteiger partial charge in [-0.3, -0.25) is 4.99 Å². The summed E-state index contributed by atoms with van der Waals surface area (Å²) >= 11 is 0. The molecule has 1 aliphatic carbocycles. The van der Waals surface area contributed by atoms with Crippen LogP contribution in [0.25, 0.3) is 5.52 Å². The Balaban J connectivity index is 0.000000455. The lowest BCUT2D eigenvalue weighted by Gasteiger charge is -2.35. The average Bonchev–Trinajstić information content (AvgIpc) is 4.26. The molecular weight excluding hydrogens is 1000 g/mol. The number of aromatic nitrogens is 4. The molecule has 0 aromatic carbocycles. The lowest BCUT2D eigenvalue weighted by atomic mass is 9.79. The van der Waals surface area contributed by atoms with Gasteiger partial charge in [-0.05, 0) is 152 Å². The number of rotatable bonds is 16. The fourth-order valence-electron chi connectivity index (χ4n) is 10.8. The summed E-state index contributed by atoms with van der Waals surface area (Å²) in [7, 11) is 2.71. The van der Waals surface area contributed by atoms with Crippen molar-refractivity contribution in [2.24, 2.45) is 21.1 Å². The van der Waals surface area contributed by atoms with Crippen LogP contribution >= 0.6 is 0 Å². The minimum atomic E-state index is -1.50. The second-order valence-corrected chi connectivity index (χ2v) is 19.8. The van der Waals surface area contributed by atoms with Gasteiger partial charge in [-0.15, -0.1) is 5.10 Å². The highest BCUT2D eigenvalue weighted by Crippen LogP contribution is 2.45. The molecule has 0 amide bonds. The van der Waals surface area contributed by atoms with Crippen LogP contribution in [-0.4, -0.2) is 100.0 Å². The van der Waals surface area contributed by atoms with Crippen molar-refractivity contribution in [2.75, 3.05) is 34.0 Å². The first-order valence-electron chi connectivity index (χ1n) is 28.3. The molecule has 4 aromatic heterocycles. The van der Waals surface area contributed by atoms with Crippen molar-refractivity contribution in [3.05, 3.63) is 116 Å². The molecule has 4 aromatic rings. The fourth-order valence-corrected chi connectivity index (χ4v) is 10.8. The van der Waals surface area contributed by atoms with Crippen molar-refractivity contribution in [3.8, 4) is 0 Å². The van der Waals surface area contributed by atoms with Gasteiger partial charge in [0.2, 0.25) is 0 Å². The van der Waals surface area contributed by atoms with E-state index in [0.29, 0.717) is 100 Å². The maximum atomic E-state index is 13.3. The molecule has 3 aliphatic rings. The smallest absolute Gasteiger partial charge is 0.340 e. The van der Waals surface area contributed by atoms with Crippen LogP contribution < -0.4 is 0 Å². The average molecular weight is 1100 g/mol. The Morgan fingerprint density at radius 1 is 0.797 bits per heavy atom. The van der Waals surface area contributed by atoms with Crippen LogP contribution in [0.4, 0.5) is 0 Å². The number of hydrogen-bond acceptors (Lipinski definition) is 14. The van der Waals surface area contributed by atoms with Gasteiger partial charge in [0, 0.05) is 38.0 Å². The van der Waals surface area contributed by atoms with Crippen LogP contribution in [0.5, 0.6) is 0 Å². The van der Waals surface area contributed by atoms with Crippen LogP contribution in [0, 0.1) is 26.7 Å². The molecule has 2 N–H and O–H groups in total. The summed E-state index contributed by atoms with van der Waals surface area (Å²) < 4.78 is 32.9. The lowest BCUT2D eigenvalue weighted by Crippen LogP contribution is -2.37. The summed E-state index contributed by atoms with van der Waals surface area (Å²) in [4.78, 5) is 43.4. The molecule has 3 unspecified atom stereocenters. The van der Waals surface area contributed by atoms with Crippen LogP contribution in [0.15, 0.2) is 69.1 Å². The molecule has 17 nitrogen and oxygen atoms in total. The molecular formula is C62H93N7O10. The second kappa shape index (κ2) is 30.2. The number of carbonyl (C=O) groups is 3. The van der Waals surface area contributed by atoms with Gasteiger partial charge in [-0.1, -0.05) is 87.5 Å². The van der Waals surface area contributed by atoms with Crippen LogP contribution in [0.1, 0.15) is 230 Å². The zero-order valence-electron chi connectivity index (χ0n) is 51.2. The predicted octanol–water partition coefficient (Wildman–Crippen LogP) is 13.1. The number of fused-ring (bicyclic) bond motifs is 1. The third-order valence-electron chi connectivity index (χ3n) is 14.3. The number of carbonyl (C=O) groups excluding carboxylic acids is 3. The van der Waals surface area contributed by atoms with E-state index in [4.69, 9.17) is 33.9 Å². The quantitative estimate of drug-likeness (QED) is 0.0468. The normalized spacial score (nSPS) is 16.7. The molecule has 3 atom stereocenters. The maximum absolute atomic E-state index is 13.3. The first-order chi connectivity index (χ1) is 37.7. The summed E-state index contributed by atoms with van der Waals surface area (Å²) in [6.07, 6.45) is 18.8. The first kappa shape index (κ1) is 66.8. The summed E-state index contributed by atoms with van der Waals surface area (Å²) in [6.45, 7) is 36.1. The van der Waals surface area contributed by atoms with Gasteiger partial charge in [-0.25, -0.2) is 28.3 Å². The topological polar surface area (TPSA) is 202 Å². The van der Waals surface area contributed by atoms with Crippen LogP contribution in [0.2, 0.25) is 0 Å². The van der Waals surface area contributed by atoms with Crippen molar-refractivity contribution < 1.29 is 48.3 Å². The Bertz CT molecular complexity index is 2880. The number of ether oxygens (including phenoxy) is 5. The summed E-state index contributed by atoms with van der Waals surface area (Å²) in [6, 6.07) is 3.61. The number of aliphatic hydroxyl groups is 2. The molecule has 436 valence electrons. The predicted molar refractivity (Wildman–Crippen MR) is 316 cm³/mol. The molecule has 0 spiro atoms. The van der Waals surface area contributed by atoms with Crippen molar-refractivity contribution in [1.82, 2.24) is 19.0 Å². The van der Waals surface area contributed by atoms with Gasteiger partial charge in [-0.2, -0.15) is 10.2 Å². The number of hydrogen-bond donors (Lipinski definition) is 2. The summed E-state index contributed by atoms with van der Waals surface area (Å²) in [5.74, 6) is -1.56. The third kappa shape index (κ3) is 14.0. The number of esters is 3. The summed E-state index contributed by atoms with van der Waals surface area (Å²) in [5, 5.41) is 37.5. The molecule has 2 aliphatic heterocycles. The largest absolute Gasteiger partial charge is 0.465 e. The van der Waals surface area contributed by atoms with Crippen molar-refractivity contribution in [3.63, 3.8) is 0 Å². The van der Waals surface area contributed by atoms with E-state index in [9.17, 15) is 24.6 Å². The molecule has 0 radical (unpaired) electrons. The van der Waals surface area contributed by atoms with Gasteiger partial charge >= 0.3 is 17.9 Å². The Kier molecular flexibility index (Phi) is 25.6. The lowest BCUT2D eigenvalue weighted by molar-refractivity contribution is -0.0618. The van der Waals surface area contributed by atoms with Gasteiger partial charge in [0.25, 0.3) is 0 Å². The molecule has 1 fully saturated rings. The number of allylic oxidation sites excluding steroid dienone is 2. The third-order valence-corrected chi connectivity index (χ3v) is 14.3. The van der Waals surface area contributed by atoms with E-state index in [1.54, 1.807) is 66.2 Å². The molecule has 79 heavy (non-hydrogen) atoms. The number of aliphatic imine (C=N–C) groups is 1. The SMILES string of the molecule is C/C=N\n1c(C(C)C)c(C(=O)OC)c(C)c1C(C)(O/C=N\n1c(C(C)C)c(C(=O)OC)c(C)c1C(C)(O)C1=CCCC=C1)C1=CN=CCC1.CC.CC.CC.CCOC(=O)c1c(C)c(C(C)(O)C2CCOCC2)n2ncccc12. The van der Waals surface area contributed by atoms with Gasteiger partial charge < -0.3 is 33.9 Å². The number of nitrogens with zero attached hydrogens (tertiary/aromatic N) is 7. The molecule has 7 rings (SSSR count). The fraction of sp³-hybridized carbons (Fsp3) is 0.565. The van der Waals surface area contributed by atoms with E-state index in [2.05, 4.69) is 10.1 Å². The van der Waals surface area contributed by atoms with E-state index >= 15 is 0 Å². The van der Waals surface area contributed by atoms with Crippen molar-refractivity contribution in [1.29, 1.82) is 0 Å². The van der Waals surface area contributed by atoms with E-state index in [1.807, 2.05) is 127 Å². The molecule has 6 heterocycles. The zero-order chi connectivity index (χ0) is 59.6. The summed E-state index contributed by atoms with van der Waals surface area (Å²) in [5.41, 5.74) is 4.65. The second-order valence-electron chi connectivity index (χ2n) is 19.8. The highest BCUT2D eigenvalue weighted by atomic mass is 16.5. The Morgan fingerprint density at radius 2 is 1.35 bits per heavy atom. The zero-order valence-corrected chi connectivity index (χ0v) is 51.2. The van der Waals surface area contributed by atoms with E-state index in [-0.39, 0.29) is 23.7 Å². The minimum Gasteiger partial charge on any atom is -0.465 e. The molecule has 0 bridgehead atoms. The highest BCUT2D eigenvalue weighted by molar-refractivity contribution is 5.99. The molecule has 0 saturated carbocycles. The Morgan fingerprint density at radius 3 is 1.85 bits per heavy atom. The monoisotopic (exact) mass is 1100 g/mol. The van der Waals surface area contributed by atoms with Gasteiger partial charge in [0.1, 0.15) is 11.2 Å².